The van der Waals surface area contributed by atoms with Crippen LogP contribution in [-0.4, -0.2) is 36.3 Å². The minimum Gasteiger partial charge on any atom is -0.480 e. The zero-order valence-electron chi connectivity index (χ0n) is 11.1. The third kappa shape index (κ3) is 3.44. The molecule has 0 spiro atoms. The maximum absolute atomic E-state index is 12.2. The molecule has 7 heteroatoms. The Bertz CT molecular complexity index is 528. The summed E-state index contributed by atoms with van der Waals surface area (Å²) < 4.78 is 25.4. The Balaban J connectivity index is 3.40. The van der Waals surface area contributed by atoms with Crippen molar-refractivity contribution in [1.82, 2.24) is 4.98 Å². The maximum Gasteiger partial charge on any atom is 0.327 e. The summed E-state index contributed by atoms with van der Waals surface area (Å²) in [5.41, 5.74) is 0.318. The van der Waals surface area contributed by atoms with E-state index in [0.717, 1.165) is 4.31 Å². The number of sulfonamides is 1. The van der Waals surface area contributed by atoms with Gasteiger partial charge in [0.2, 0.25) is 10.0 Å². The first-order valence-corrected chi connectivity index (χ1v) is 7.57. The van der Waals surface area contributed by atoms with E-state index in [9.17, 15) is 18.3 Å². The van der Waals surface area contributed by atoms with Gasteiger partial charge in [0, 0.05) is 12.4 Å². The second kappa shape index (κ2) is 6.01. The zero-order chi connectivity index (χ0) is 14.6. The van der Waals surface area contributed by atoms with E-state index >= 15 is 0 Å². The van der Waals surface area contributed by atoms with Crippen LogP contribution in [0, 0.1) is 5.92 Å². The fourth-order valence-electron chi connectivity index (χ4n) is 1.78. The van der Waals surface area contributed by atoms with Crippen molar-refractivity contribution in [1.29, 1.82) is 0 Å². The summed E-state index contributed by atoms with van der Waals surface area (Å²) in [6.07, 6.45) is 2.87. The standard InChI is InChI=1S/C12H18N2O4S/c1-4-19(17,18)14(10-5-7-13-8-6-10)11(9(2)3)12(15)16/h5-9,11H,4H2,1-3H3,(H,15,16). The summed E-state index contributed by atoms with van der Waals surface area (Å²) in [6.45, 7) is 4.85. The minimum atomic E-state index is -3.68. The summed E-state index contributed by atoms with van der Waals surface area (Å²) in [7, 11) is -3.68. The predicted molar refractivity (Wildman–Crippen MR) is 72.4 cm³/mol. The lowest BCUT2D eigenvalue weighted by Gasteiger charge is -2.31. The molecule has 106 valence electrons. The van der Waals surface area contributed by atoms with E-state index in [-0.39, 0.29) is 11.7 Å². The number of pyridine rings is 1. The third-order valence-corrected chi connectivity index (χ3v) is 4.49. The molecule has 1 aromatic rings. The van der Waals surface area contributed by atoms with Gasteiger partial charge < -0.3 is 5.11 Å². The molecule has 0 aliphatic rings. The first-order valence-electron chi connectivity index (χ1n) is 5.96. The van der Waals surface area contributed by atoms with E-state index < -0.39 is 22.0 Å². The molecule has 0 fully saturated rings. The zero-order valence-corrected chi connectivity index (χ0v) is 12.0. The molecular weight excluding hydrogens is 268 g/mol. The molecule has 0 aliphatic heterocycles. The van der Waals surface area contributed by atoms with Crippen LogP contribution in [0.5, 0.6) is 0 Å². The highest BCUT2D eigenvalue weighted by atomic mass is 32.2. The van der Waals surface area contributed by atoms with Gasteiger partial charge in [-0.2, -0.15) is 0 Å². The lowest BCUT2D eigenvalue weighted by molar-refractivity contribution is -0.139. The van der Waals surface area contributed by atoms with Crippen LogP contribution in [0.4, 0.5) is 5.69 Å². The van der Waals surface area contributed by atoms with Crippen LogP contribution in [-0.2, 0) is 14.8 Å². The van der Waals surface area contributed by atoms with E-state index in [1.165, 1.54) is 31.5 Å². The van der Waals surface area contributed by atoms with Crippen LogP contribution < -0.4 is 4.31 Å². The van der Waals surface area contributed by atoms with Gasteiger partial charge in [0.25, 0.3) is 0 Å². The number of carboxylic acids is 1. The number of hydrogen-bond acceptors (Lipinski definition) is 4. The minimum absolute atomic E-state index is 0.161. The molecule has 1 unspecified atom stereocenters. The van der Waals surface area contributed by atoms with E-state index in [4.69, 9.17) is 0 Å². The smallest absolute Gasteiger partial charge is 0.327 e. The molecule has 0 aromatic carbocycles. The molecule has 0 bridgehead atoms. The molecule has 0 aliphatic carbocycles. The third-order valence-electron chi connectivity index (χ3n) is 2.72. The van der Waals surface area contributed by atoms with Crippen LogP contribution in [0.1, 0.15) is 20.8 Å². The molecule has 0 saturated carbocycles. The summed E-state index contributed by atoms with van der Waals surface area (Å²) in [4.78, 5) is 15.2. The van der Waals surface area contributed by atoms with Gasteiger partial charge in [-0.25, -0.2) is 13.2 Å². The number of rotatable bonds is 6. The van der Waals surface area contributed by atoms with Crippen molar-refractivity contribution in [2.45, 2.75) is 26.8 Å². The van der Waals surface area contributed by atoms with Crippen molar-refractivity contribution in [2.75, 3.05) is 10.1 Å². The molecule has 1 N–H and O–H groups in total. The molecule has 19 heavy (non-hydrogen) atoms. The summed E-state index contributed by atoms with van der Waals surface area (Å²) in [5.74, 6) is -1.68. The largest absolute Gasteiger partial charge is 0.480 e. The Morgan fingerprint density at radius 2 is 1.89 bits per heavy atom. The van der Waals surface area contributed by atoms with Crippen LogP contribution in [0.25, 0.3) is 0 Å². The first kappa shape index (κ1) is 15.4. The Morgan fingerprint density at radius 1 is 1.37 bits per heavy atom. The molecule has 1 aromatic heterocycles. The van der Waals surface area contributed by atoms with Gasteiger partial charge in [-0.1, -0.05) is 13.8 Å². The van der Waals surface area contributed by atoms with E-state index in [0.29, 0.717) is 5.69 Å². The normalized spacial score (nSPS) is 13.3. The van der Waals surface area contributed by atoms with Gasteiger partial charge in [-0.15, -0.1) is 0 Å². The monoisotopic (exact) mass is 286 g/mol. The molecule has 0 radical (unpaired) electrons. The second-order valence-corrected chi connectivity index (χ2v) is 6.56. The second-order valence-electron chi connectivity index (χ2n) is 4.43. The van der Waals surface area contributed by atoms with Crippen molar-refractivity contribution in [3.63, 3.8) is 0 Å². The first-order chi connectivity index (χ1) is 8.81. The highest BCUT2D eigenvalue weighted by Crippen LogP contribution is 2.24. The summed E-state index contributed by atoms with van der Waals surface area (Å²) in [6, 6.07) is 1.85. The van der Waals surface area contributed by atoms with Gasteiger partial charge in [-0.3, -0.25) is 9.29 Å². The molecular formula is C12H18N2O4S. The number of nitrogens with zero attached hydrogens (tertiary/aromatic N) is 2. The van der Waals surface area contributed by atoms with Crippen molar-refractivity contribution in [2.24, 2.45) is 5.92 Å². The van der Waals surface area contributed by atoms with Gasteiger partial charge >= 0.3 is 5.97 Å². The van der Waals surface area contributed by atoms with Crippen LogP contribution in [0.15, 0.2) is 24.5 Å². The number of carboxylic acid groups (broad SMARTS) is 1. The average Bonchev–Trinajstić information content (AvgIpc) is 2.35. The lowest BCUT2D eigenvalue weighted by Crippen LogP contribution is -2.49. The molecule has 1 atom stereocenters. The van der Waals surface area contributed by atoms with E-state index in [2.05, 4.69) is 4.98 Å². The fourth-order valence-corrected chi connectivity index (χ4v) is 3.18. The number of anilines is 1. The van der Waals surface area contributed by atoms with E-state index in [1.807, 2.05) is 0 Å². The number of aliphatic carboxylic acids is 1. The van der Waals surface area contributed by atoms with Gasteiger partial charge in [0.1, 0.15) is 6.04 Å². The highest BCUT2D eigenvalue weighted by molar-refractivity contribution is 7.92. The van der Waals surface area contributed by atoms with Crippen molar-refractivity contribution >= 4 is 21.7 Å². The summed E-state index contributed by atoms with van der Waals surface area (Å²) >= 11 is 0. The van der Waals surface area contributed by atoms with Crippen LogP contribution in [0.3, 0.4) is 0 Å². The van der Waals surface area contributed by atoms with Gasteiger partial charge in [-0.05, 0) is 25.0 Å². The van der Waals surface area contributed by atoms with Crippen molar-refractivity contribution < 1.29 is 18.3 Å². The van der Waals surface area contributed by atoms with Gasteiger partial charge in [0.05, 0.1) is 11.4 Å². The Hall–Kier alpha value is -1.63. The molecule has 0 saturated heterocycles. The molecule has 0 amide bonds. The fraction of sp³-hybridized carbons (Fsp3) is 0.500. The van der Waals surface area contributed by atoms with Gasteiger partial charge in [0.15, 0.2) is 0 Å². The Kier molecular flexibility index (Phi) is 4.88. The average molecular weight is 286 g/mol. The Morgan fingerprint density at radius 3 is 2.26 bits per heavy atom. The van der Waals surface area contributed by atoms with Crippen molar-refractivity contribution in [3.8, 4) is 0 Å². The SMILES string of the molecule is CCS(=O)(=O)N(c1ccncc1)C(C(=O)O)C(C)C. The Labute approximate surface area is 113 Å². The molecule has 1 heterocycles. The number of hydrogen-bond donors (Lipinski definition) is 1. The predicted octanol–water partition coefficient (Wildman–Crippen LogP) is 1.35. The molecule has 1 rings (SSSR count). The lowest BCUT2D eigenvalue weighted by atomic mass is 10.0. The highest BCUT2D eigenvalue weighted by Gasteiger charge is 2.36. The maximum atomic E-state index is 12.2. The quantitative estimate of drug-likeness (QED) is 0.852. The van der Waals surface area contributed by atoms with Crippen LogP contribution in [0.2, 0.25) is 0 Å². The topological polar surface area (TPSA) is 87.6 Å². The summed E-state index contributed by atoms with van der Waals surface area (Å²) in [5, 5.41) is 9.31. The molecule has 6 nitrogen and oxygen atoms in total. The van der Waals surface area contributed by atoms with E-state index in [1.54, 1.807) is 13.8 Å². The van der Waals surface area contributed by atoms with Crippen LogP contribution >= 0.6 is 0 Å². The number of aromatic nitrogens is 1. The van der Waals surface area contributed by atoms with Crippen molar-refractivity contribution in [3.05, 3.63) is 24.5 Å². The number of carbonyl (C=O) groups is 1.